The highest BCUT2D eigenvalue weighted by Crippen LogP contribution is 2.12. The molecule has 0 amide bonds. The lowest BCUT2D eigenvalue weighted by Gasteiger charge is -1.93. The van der Waals surface area contributed by atoms with Gasteiger partial charge in [0.1, 0.15) is 5.52 Å². The Morgan fingerprint density at radius 2 is 2.36 bits per heavy atom. The number of oxazole rings is 1. The second-order valence-corrected chi connectivity index (χ2v) is 2.18. The molecule has 0 aliphatic carbocycles. The predicted octanol–water partition coefficient (Wildman–Crippen LogP) is 0.681. The minimum atomic E-state index is 0.464. The molecule has 0 fully saturated rings. The van der Waals surface area contributed by atoms with E-state index in [-0.39, 0.29) is 0 Å². The van der Waals surface area contributed by atoms with Crippen LogP contribution in [0.5, 0.6) is 0 Å². The van der Waals surface area contributed by atoms with Gasteiger partial charge in [0.2, 0.25) is 5.71 Å². The molecule has 0 spiro atoms. The Labute approximate surface area is 63.1 Å². The fraction of sp³-hybridized carbons (Fsp3) is 0.143. The minimum absolute atomic E-state index is 0.464. The van der Waals surface area contributed by atoms with E-state index in [4.69, 9.17) is 10.2 Å². The number of nitrogens with zero attached hydrogens (tertiary/aromatic N) is 2. The van der Waals surface area contributed by atoms with E-state index >= 15 is 0 Å². The molecule has 0 aliphatic rings. The summed E-state index contributed by atoms with van der Waals surface area (Å²) in [5.74, 6) is 0. The fourth-order valence-corrected chi connectivity index (χ4v) is 0.990. The standard InChI is InChI=1S/C7H7N3O/c8-3-5-1-2-9-7-6(5)10-4-11-7/h1-2,4H,3,8H2. The zero-order valence-corrected chi connectivity index (χ0v) is 5.82. The number of hydrogen-bond acceptors (Lipinski definition) is 4. The van der Waals surface area contributed by atoms with Crippen LogP contribution in [0.1, 0.15) is 5.56 Å². The third-order valence-electron chi connectivity index (χ3n) is 1.54. The predicted molar refractivity (Wildman–Crippen MR) is 39.7 cm³/mol. The van der Waals surface area contributed by atoms with Crippen molar-refractivity contribution in [2.75, 3.05) is 0 Å². The van der Waals surface area contributed by atoms with Gasteiger partial charge in [-0.1, -0.05) is 0 Å². The first-order valence-corrected chi connectivity index (χ1v) is 3.29. The van der Waals surface area contributed by atoms with E-state index in [1.165, 1.54) is 6.39 Å². The van der Waals surface area contributed by atoms with Gasteiger partial charge in [-0.2, -0.15) is 0 Å². The van der Waals surface area contributed by atoms with Crippen LogP contribution in [0.15, 0.2) is 23.1 Å². The van der Waals surface area contributed by atoms with Crippen LogP contribution in [0.25, 0.3) is 11.2 Å². The molecule has 11 heavy (non-hydrogen) atoms. The van der Waals surface area contributed by atoms with Crippen molar-refractivity contribution in [2.45, 2.75) is 6.54 Å². The molecule has 0 radical (unpaired) electrons. The van der Waals surface area contributed by atoms with E-state index in [1.54, 1.807) is 6.20 Å². The zero-order valence-electron chi connectivity index (χ0n) is 5.82. The highest BCUT2D eigenvalue weighted by atomic mass is 16.3. The summed E-state index contributed by atoms with van der Waals surface area (Å²) in [6.45, 7) is 0.464. The molecule has 0 atom stereocenters. The molecule has 2 rings (SSSR count). The van der Waals surface area contributed by atoms with Gasteiger partial charge in [0.05, 0.1) is 0 Å². The van der Waals surface area contributed by atoms with Gasteiger partial charge in [-0.3, -0.25) is 0 Å². The van der Waals surface area contributed by atoms with E-state index in [9.17, 15) is 0 Å². The number of fused-ring (bicyclic) bond motifs is 1. The highest BCUT2D eigenvalue weighted by Gasteiger charge is 2.02. The molecule has 0 aliphatic heterocycles. The Morgan fingerprint density at radius 3 is 3.18 bits per heavy atom. The summed E-state index contributed by atoms with van der Waals surface area (Å²) in [6.07, 6.45) is 3.03. The number of hydrogen-bond donors (Lipinski definition) is 1. The summed E-state index contributed by atoms with van der Waals surface area (Å²) >= 11 is 0. The van der Waals surface area contributed by atoms with E-state index in [2.05, 4.69) is 9.97 Å². The summed E-state index contributed by atoms with van der Waals surface area (Å²) in [6, 6.07) is 1.84. The fourth-order valence-electron chi connectivity index (χ4n) is 0.990. The maximum Gasteiger partial charge on any atom is 0.246 e. The van der Waals surface area contributed by atoms with Crippen LogP contribution in [-0.2, 0) is 6.54 Å². The van der Waals surface area contributed by atoms with Gasteiger partial charge in [0.25, 0.3) is 0 Å². The average Bonchev–Trinajstić information content (AvgIpc) is 2.50. The molecule has 4 heteroatoms. The van der Waals surface area contributed by atoms with Gasteiger partial charge in [0, 0.05) is 12.7 Å². The molecule has 4 nitrogen and oxygen atoms in total. The maximum atomic E-state index is 5.47. The van der Waals surface area contributed by atoms with Crippen LogP contribution in [0, 0.1) is 0 Å². The van der Waals surface area contributed by atoms with Crippen molar-refractivity contribution in [2.24, 2.45) is 5.73 Å². The normalized spacial score (nSPS) is 10.6. The molecule has 2 aromatic rings. The largest absolute Gasteiger partial charge is 0.425 e. The van der Waals surface area contributed by atoms with Crippen LogP contribution < -0.4 is 5.73 Å². The lowest BCUT2D eigenvalue weighted by atomic mass is 10.2. The maximum absolute atomic E-state index is 5.47. The number of nitrogens with two attached hydrogens (primary N) is 1. The molecule has 0 saturated heterocycles. The Morgan fingerprint density at radius 1 is 1.45 bits per heavy atom. The van der Waals surface area contributed by atoms with Crippen molar-refractivity contribution in [1.82, 2.24) is 9.97 Å². The molecule has 2 aromatic heterocycles. The average molecular weight is 149 g/mol. The first-order chi connectivity index (χ1) is 5.42. The first-order valence-electron chi connectivity index (χ1n) is 3.29. The smallest absolute Gasteiger partial charge is 0.246 e. The summed E-state index contributed by atoms with van der Waals surface area (Å²) in [4.78, 5) is 7.95. The lowest BCUT2D eigenvalue weighted by molar-refractivity contribution is 0.590. The van der Waals surface area contributed by atoms with Crippen molar-refractivity contribution >= 4 is 11.2 Å². The van der Waals surface area contributed by atoms with Gasteiger partial charge in [-0.15, -0.1) is 0 Å². The zero-order chi connectivity index (χ0) is 7.68. The van der Waals surface area contributed by atoms with Crippen molar-refractivity contribution in [3.63, 3.8) is 0 Å². The molecule has 56 valence electrons. The lowest BCUT2D eigenvalue weighted by Crippen LogP contribution is -1.97. The molecular formula is C7H7N3O. The van der Waals surface area contributed by atoms with Gasteiger partial charge >= 0.3 is 0 Å². The molecule has 2 N–H and O–H groups in total. The third-order valence-corrected chi connectivity index (χ3v) is 1.54. The van der Waals surface area contributed by atoms with Crippen molar-refractivity contribution in [3.05, 3.63) is 24.2 Å². The summed E-state index contributed by atoms with van der Waals surface area (Å²) < 4.78 is 4.98. The number of pyridine rings is 1. The highest BCUT2D eigenvalue weighted by molar-refractivity contribution is 5.71. The van der Waals surface area contributed by atoms with E-state index < -0.39 is 0 Å². The summed E-state index contributed by atoms with van der Waals surface area (Å²) in [5, 5.41) is 0. The second-order valence-electron chi connectivity index (χ2n) is 2.18. The van der Waals surface area contributed by atoms with Crippen LogP contribution in [0.4, 0.5) is 0 Å². The summed E-state index contributed by atoms with van der Waals surface area (Å²) in [7, 11) is 0. The van der Waals surface area contributed by atoms with Crippen LogP contribution >= 0.6 is 0 Å². The minimum Gasteiger partial charge on any atom is -0.425 e. The van der Waals surface area contributed by atoms with E-state index in [0.29, 0.717) is 12.3 Å². The van der Waals surface area contributed by atoms with Crippen molar-refractivity contribution < 1.29 is 4.42 Å². The van der Waals surface area contributed by atoms with Gasteiger partial charge < -0.3 is 10.2 Å². The van der Waals surface area contributed by atoms with Crippen molar-refractivity contribution in [1.29, 1.82) is 0 Å². The van der Waals surface area contributed by atoms with E-state index in [1.807, 2.05) is 6.07 Å². The van der Waals surface area contributed by atoms with Crippen LogP contribution in [0.3, 0.4) is 0 Å². The molecule has 0 saturated carbocycles. The Kier molecular flexibility index (Phi) is 1.33. The molecule has 0 aromatic carbocycles. The third kappa shape index (κ3) is 0.877. The topological polar surface area (TPSA) is 64.9 Å². The molecule has 2 heterocycles. The SMILES string of the molecule is NCc1ccnc2ocnc12. The van der Waals surface area contributed by atoms with Gasteiger partial charge in [0.15, 0.2) is 6.39 Å². The Balaban J connectivity index is 2.79. The number of aromatic nitrogens is 2. The van der Waals surface area contributed by atoms with Crippen LogP contribution in [-0.4, -0.2) is 9.97 Å². The van der Waals surface area contributed by atoms with Crippen LogP contribution in [0.2, 0.25) is 0 Å². The quantitative estimate of drug-likeness (QED) is 0.647. The van der Waals surface area contributed by atoms with Crippen molar-refractivity contribution in [3.8, 4) is 0 Å². The second kappa shape index (κ2) is 2.32. The monoisotopic (exact) mass is 149 g/mol. The van der Waals surface area contributed by atoms with Gasteiger partial charge in [-0.25, -0.2) is 9.97 Å². The number of rotatable bonds is 1. The Hall–Kier alpha value is -1.42. The summed E-state index contributed by atoms with van der Waals surface area (Å²) in [5.41, 5.74) is 7.74. The van der Waals surface area contributed by atoms with E-state index in [0.717, 1.165) is 11.1 Å². The van der Waals surface area contributed by atoms with Gasteiger partial charge in [-0.05, 0) is 11.6 Å². The molecular weight excluding hydrogens is 142 g/mol. The molecule has 0 unspecified atom stereocenters. The molecule has 0 bridgehead atoms. The first kappa shape index (κ1) is 6.30. The Bertz CT molecular complexity index is 368.